The van der Waals surface area contributed by atoms with Gasteiger partial charge in [0.25, 0.3) is 0 Å². The summed E-state index contributed by atoms with van der Waals surface area (Å²) in [6.45, 7) is 3.57. The van der Waals surface area contributed by atoms with Crippen molar-refractivity contribution in [2.75, 3.05) is 33.4 Å². The first-order valence-corrected chi connectivity index (χ1v) is 8.98. The zero-order valence-electron chi connectivity index (χ0n) is 12.6. The van der Waals surface area contributed by atoms with Gasteiger partial charge >= 0.3 is 0 Å². The van der Waals surface area contributed by atoms with Gasteiger partial charge in [0.15, 0.2) is 0 Å². The molecule has 1 aliphatic heterocycles. The van der Waals surface area contributed by atoms with Crippen molar-refractivity contribution in [3.63, 3.8) is 0 Å². The molecular weight excluding hydrogens is 306 g/mol. The van der Waals surface area contributed by atoms with Crippen LogP contribution in [-0.2, 0) is 15.9 Å². The van der Waals surface area contributed by atoms with Crippen LogP contribution in [-0.4, -0.2) is 39.5 Å². The van der Waals surface area contributed by atoms with Gasteiger partial charge in [-0.3, -0.25) is 0 Å². The number of halogens is 1. The van der Waals surface area contributed by atoms with Crippen LogP contribution >= 0.6 is 22.9 Å². The first kappa shape index (κ1) is 15.8. The smallest absolute Gasteiger partial charge is 0.0931 e. The normalized spacial score (nSPS) is 29.1. The standard InChI is InChI=1S/C16H24ClNO2S/c1-19-9-7-18-11-16(10-13-4-5-14(17)21-13)6-8-20-15(16)12-2-3-12/h4-5,12,15,18H,2-3,6-11H2,1H3. The lowest BCUT2D eigenvalue weighted by Crippen LogP contribution is -2.44. The van der Waals surface area contributed by atoms with Crippen molar-refractivity contribution in [1.29, 1.82) is 0 Å². The molecule has 0 aromatic carbocycles. The van der Waals surface area contributed by atoms with Crippen LogP contribution in [0.2, 0.25) is 4.34 Å². The van der Waals surface area contributed by atoms with E-state index in [9.17, 15) is 0 Å². The summed E-state index contributed by atoms with van der Waals surface area (Å²) in [7, 11) is 1.75. The maximum atomic E-state index is 6.13. The molecule has 2 aliphatic rings. The molecule has 1 N–H and O–H groups in total. The Balaban J connectivity index is 1.70. The van der Waals surface area contributed by atoms with E-state index in [1.165, 1.54) is 17.7 Å². The molecule has 21 heavy (non-hydrogen) atoms. The highest BCUT2D eigenvalue weighted by atomic mass is 35.5. The van der Waals surface area contributed by atoms with Gasteiger partial charge in [-0.05, 0) is 43.7 Å². The Labute approximate surface area is 136 Å². The number of nitrogens with one attached hydrogen (secondary N) is 1. The molecule has 118 valence electrons. The van der Waals surface area contributed by atoms with E-state index in [0.717, 1.165) is 49.4 Å². The third-order valence-electron chi connectivity index (χ3n) is 4.67. The monoisotopic (exact) mass is 329 g/mol. The summed E-state index contributed by atoms with van der Waals surface area (Å²) in [5.41, 5.74) is 0.225. The Bertz CT molecular complexity index is 463. The highest BCUT2D eigenvalue weighted by molar-refractivity contribution is 7.16. The first-order valence-electron chi connectivity index (χ1n) is 7.79. The molecule has 5 heteroatoms. The fourth-order valence-electron chi connectivity index (χ4n) is 3.49. The van der Waals surface area contributed by atoms with E-state index in [-0.39, 0.29) is 5.41 Å². The zero-order chi connectivity index (χ0) is 14.7. The van der Waals surface area contributed by atoms with Gasteiger partial charge in [-0.15, -0.1) is 11.3 Å². The largest absolute Gasteiger partial charge is 0.383 e. The molecule has 3 rings (SSSR count). The average Bonchev–Trinajstić information content (AvgIpc) is 3.11. The lowest BCUT2D eigenvalue weighted by Gasteiger charge is -2.34. The Morgan fingerprint density at radius 1 is 1.48 bits per heavy atom. The molecule has 1 saturated carbocycles. The summed E-state index contributed by atoms with van der Waals surface area (Å²) in [6, 6.07) is 4.18. The summed E-state index contributed by atoms with van der Waals surface area (Å²) in [5.74, 6) is 0.771. The average molecular weight is 330 g/mol. The quantitative estimate of drug-likeness (QED) is 0.742. The van der Waals surface area contributed by atoms with Gasteiger partial charge in [-0.25, -0.2) is 0 Å². The van der Waals surface area contributed by atoms with Crippen LogP contribution in [0.25, 0.3) is 0 Å². The molecule has 0 spiro atoms. The van der Waals surface area contributed by atoms with Crippen molar-refractivity contribution < 1.29 is 9.47 Å². The summed E-state index contributed by atoms with van der Waals surface area (Å²) in [6.07, 6.45) is 5.29. The van der Waals surface area contributed by atoms with Crippen LogP contribution < -0.4 is 5.32 Å². The Hall–Kier alpha value is -0.130. The van der Waals surface area contributed by atoms with Gasteiger partial charge in [0, 0.05) is 37.1 Å². The second kappa shape index (κ2) is 6.97. The van der Waals surface area contributed by atoms with Crippen molar-refractivity contribution in [2.45, 2.75) is 31.8 Å². The fourth-order valence-corrected chi connectivity index (χ4v) is 4.73. The van der Waals surface area contributed by atoms with Gasteiger partial charge in [0.05, 0.1) is 17.0 Å². The Morgan fingerprint density at radius 2 is 2.33 bits per heavy atom. The maximum Gasteiger partial charge on any atom is 0.0931 e. The van der Waals surface area contributed by atoms with Crippen LogP contribution in [0.15, 0.2) is 12.1 Å². The molecular formula is C16H24ClNO2S. The molecule has 3 nitrogen and oxygen atoms in total. The molecule has 0 bridgehead atoms. The zero-order valence-corrected chi connectivity index (χ0v) is 14.1. The van der Waals surface area contributed by atoms with Gasteiger partial charge < -0.3 is 14.8 Å². The van der Waals surface area contributed by atoms with Crippen molar-refractivity contribution in [2.24, 2.45) is 11.3 Å². The van der Waals surface area contributed by atoms with E-state index in [1.54, 1.807) is 18.4 Å². The molecule has 0 radical (unpaired) electrons. The van der Waals surface area contributed by atoms with Gasteiger partial charge in [0.1, 0.15) is 0 Å². The van der Waals surface area contributed by atoms with Crippen molar-refractivity contribution in [3.8, 4) is 0 Å². The molecule has 1 aromatic heterocycles. The number of ether oxygens (including phenoxy) is 2. The molecule has 2 fully saturated rings. The van der Waals surface area contributed by atoms with E-state index < -0.39 is 0 Å². The second-order valence-electron chi connectivity index (χ2n) is 6.29. The molecule has 2 unspecified atom stereocenters. The SMILES string of the molecule is COCCNCC1(Cc2ccc(Cl)s2)CCOC1C1CC1. The van der Waals surface area contributed by atoms with Crippen molar-refractivity contribution in [3.05, 3.63) is 21.3 Å². The molecule has 1 aliphatic carbocycles. The minimum Gasteiger partial charge on any atom is -0.383 e. The third kappa shape index (κ3) is 3.80. The number of hydrogen-bond donors (Lipinski definition) is 1. The molecule has 0 amide bonds. The minimum absolute atomic E-state index is 0.225. The number of methoxy groups -OCH3 is 1. The highest BCUT2D eigenvalue weighted by Gasteiger charge is 2.50. The highest BCUT2D eigenvalue weighted by Crippen LogP contribution is 2.49. The van der Waals surface area contributed by atoms with Crippen LogP contribution in [0.5, 0.6) is 0 Å². The number of hydrogen-bond acceptors (Lipinski definition) is 4. The first-order chi connectivity index (χ1) is 10.2. The second-order valence-corrected chi connectivity index (χ2v) is 8.09. The molecule has 1 saturated heterocycles. The van der Waals surface area contributed by atoms with Gasteiger partial charge in [0.2, 0.25) is 0 Å². The number of rotatable bonds is 8. The van der Waals surface area contributed by atoms with Crippen LogP contribution in [0, 0.1) is 11.3 Å². The Morgan fingerprint density at radius 3 is 3.00 bits per heavy atom. The molecule has 1 aromatic rings. The molecule has 2 heterocycles. The lowest BCUT2D eigenvalue weighted by molar-refractivity contribution is 0.0303. The predicted molar refractivity (Wildman–Crippen MR) is 87.3 cm³/mol. The van der Waals surface area contributed by atoms with Crippen molar-refractivity contribution >= 4 is 22.9 Å². The van der Waals surface area contributed by atoms with E-state index in [1.807, 2.05) is 6.07 Å². The Kier molecular flexibility index (Phi) is 5.23. The fraction of sp³-hybridized carbons (Fsp3) is 0.750. The van der Waals surface area contributed by atoms with Crippen LogP contribution in [0.3, 0.4) is 0 Å². The maximum absolute atomic E-state index is 6.13. The van der Waals surface area contributed by atoms with Crippen LogP contribution in [0.1, 0.15) is 24.1 Å². The lowest BCUT2D eigenvalue weighted by atomic mass is 9.75. The summed E-state index contributed by atoms with van der Waals surface area (Å²) in [4.78, 5) is 1.38. The van der Waals surface area contributed by atoms with E-state index in [4.69, 9.17) is 21.1 Å². The van der Waals surface area contributed by atoms with E-state index >= 15 is 0 Å². The number of thiophene rings is 1. The topological polar surface area (TPSA) is 30.5 Å². The summed E-state index contributed by atoms with van der Waals surface area (Å²) in [5, 5.41) is 3.58. The van der Waals surface area contributed by atoms with Crippen molar-refractivity contribution in [1.82, 2.24) is 5.32 Å². The van der Waals surface area contributed by atoms with Gasteiger partial charge in [-0.2, -0.15) is 0 Å². The minimum atomic E-state index is 0.225. The predicted octanol–water partition coefficient (Wildman–Crippen LogP) is 3.37. The van der Waals surface area contributed by atoms with Gasteiger partial charge in [-0.1, -0.05) is 11.6 Å². The summed E-state index contributed by atoms with van der Waals surface area (Å²) < 4.78 is 12.2. The third-order valence-corrected chi connectivity index (χ3v) is 5.90. The van der Waals surface area contributed by atoms with Crippen LogP contribution in [0.4, 0.5) is 0 Å². The van der Waals surface area contributed by atoms with E-state index in [2.05, 4.69) is 11.4 Å². The molecule has 2 atom stereocenters. The van der Waals surface area contributed by atoms with E-state index in [0.29, 0.717) is 6.10 Å². The summed E-state index contributed by atoms with van der Waals surface area (Å²) >= 11 is 7.81.